The maximum atomic E-state index is 11.6. The van der Waals surface area contributed by atoms with Gasteiger partial charge >= 0.3 is 0 Å². The van der Waals surface area contributed by atoms with E-state index in [0.717, 1.165) is 0 Å². The lowest BCUT2D eigenvalue weighted by atomic mass is 10.1. The van der Waals surface area contributed by atoms with Crippen LogP contribution in [0.1, 0.15) is 6.42 Å². The van der Waals surface area contributed by atoms with Crippen molar-refractivity contribution in [2.75, 3.05) is 32.8 Å². The number of rotatable bonds is 4. The van der Waals surface area contributed by atoms with Crippen LogP contribution in [0.4, 0.5) is 0 Å². The molecule has 2 heterocycles. The van der Waals surface area contributed by atoms with Crippen molar-refractivity contribution >= 4 is 5.91 Å². The molecule has 0 aromatic rings. The summed E-state index contributed by atoms with van der Waals surface area (Å²) in [4.78, 5) is 16.0. The van der Waals surface area contributed by atoms with Crippen molar-refractivity contribution in [2.45, 2.75) is 12.7 Å². The van der Waals surface area contributed by atoms with E-state index in [9.17, 15) is 4.79 Å². The molecule has 0 saturated carbocycles. The first-order chi connectivity index (χ1) is 7.79. The van der Waals surface area contributed by atoms with Crippen LogP contribution in [0, 0.1) is 5.92 Å². The molecule has 88 valence electrons. The molecule has 0 aromatic heterocycles. The third-order valence-corrected chi connectivity index (χ3v) is 2.76. The van der Waals surface area contributed by atoms with Crippen LogP contribution in [0.5, 0.6) is 0 Å². The predicted molar refractivity (Wildman–Crippen MR) is 54.4 cm³/mol. The number of hydrogen-bond acceptors (Lipinski definition) is 4. The van der Waals surface area contributed by atoms with E-state index in [1.54, 1.807) is 4.90 Å². The molecule has 2 fully saturated rings. The minimum absolute atomic E-state index is 0.0808. The van der Waals surface area contributed by atoms with E-state index in [2.05, 4.69) is 10.0 Å². The molecular formula is C9H14N4O3. The molecule has 1 unspecified atom stereocenters. The van der Waals surface area contributed by atoms with Crippen molar-refractivity contribution in [2.24, 2.45) is 11.0 Å². The second-order valence-corrected chi connectivity index (χ2v) is 3.95. The molecule has 0 N–H and O–H groups in total. The highest BCUT2D eigenvalue weighted by Crippen LogP contribution is 2.19. The van der Waals surface area contributed by atoms with E-state index in [4.69, 9.17) is 15.0 Å². The molecule has 2 aliphatic heterocycles. The lowest BCUT2D eigenvalue weighted by Crippen LogP contribution is -2.34. The first-order valence-electron chi connectivity index (χ1n) is 5.31. The smallest absolute Gasteiger partial charge is 0.223 e. The van der Waals surface area contributed by atoms with Crippen LogP contribution in [0.25, 0.3) is 10.4 Å². The Hall–Kier alpha value is -1.30. The van der Waals surface area contributed by atoms with E-state index < -0.39 is 0 Å². The van der Waals surface area contributed by atoms with E-state index in [1.165, 1.54) is 0 Å². The zero-order valence-electron chi connectivity index (χ0n) is 8.91. The lowest BCUT2D eigenvalue weighted by Gasteiger charge is -2.19. The molecule has 0 radical (unpaired) electrons. The van der Waals surface area contributed by atoms with Gasteiger partial charge in [0.2, 0.25) is 5.91 Å². The summed E-state index contributed by atoms with van der Waals surface area (Å²) in [5, 5.41) is 3.49. The van der Waals surface area contributed by atoms with Crippen molar-refractivity contribution in [1.82, 2.24) is 4.90 Å². The summed E-state index contributed by atoms with van der Waals surface area (Å²) >= 11 is 0. The number of ether oxygens (including phenoxy) is 2. The van der Waals surface area contributed by atoms with Gasteiger partial charge in [0, 0.05) is 24.4 Å². The average molecular weight is 226 g/mol. The predicted octanol–water partition coefficient (Wildman–Crippen LogP) is 0.518. The SMILES string of the molecule is [N-]=[N+]=NCC1CC(=O)N(CC2OCCO2)C1. The zero-order chi connectivity index (χ0) is 11.4. The topological polar surface area (TPSA) is 87.5 Å². The van der Waals surface area contributed by atoms with Crippen molar-refractivity contribution in [3.63, 3.8) is 0 Å². The van der Waals surface area contributed by atoms with Gasteiger partial charge in [0.25, 0.3) is 0 Å². The molecule has 1 atom stereocenters. The van der Waals surface area contributed by atoms with E-state index in [1.807, 2.05) is 0 Å². The normalized spacial score (nSPS) is 26.1. The Labute approximate surface area is 92.9 Å². The zero-order valence-corrected chi connectivity index (χ0v) is 8.91. The first-order valence-corrected chi connectivity index (χ1v) is 5.31. The Morgan fingerprint density at radius 1 is 1.50 bits per heavy atom. The van der Waals surface area contributed by atoms with Crippen LogP contribution in [0.15, 0.2) is 5.11 Å². The highest BCUT2D eigenvalue weighted by Gasteiger charge is 2.31. The second kappa shape index (κ2) is 5.16. The molecule has 16 heavy (non-hydrogen) atoms. The van der Waals surface area contributed by atoms with Gasteiger partial charge in [-0.3, -0.25) is 4.79 Å². The Balaban J connectivity index is 1.81. The number of azide groups is 1. The Morgan fingerprint density at radius 2 is 2.25 bits per heavy atom. The maximum absolute atomic E-state index is 11.6. The molecule has 2 saturated heterocycles. The highest BCUT2D eigenvalue weighted by atomic mass is 16.7. The van der Waals surface area contributed by atoms with Crippen LogP contribution in [0.2, 0.25) is 0 Å². The Morgan fingerprint density at radius 3 is 2.94 bits per heavy atom. The van der Waals surface area contributed by atoms with E-state index in [-0.39, 0.29) is 18.1 Å². The molecular weight excluding hydrogens is 212 g/mol. The van der Waals surface area contributed by atoms with Gasteiger partial charge in [-0.2, -0.15) is 0 Å². The van der Waals surface area contributed by atoms with Crippen molar-refractivity contribution in [3.8, 4) is 0 Å². The van der Waals surface area contributed by atoms with E-state index >= 15 is 0 Å². The van der Waals surface area contributed by atoms with Gasteiger partial charge in [0.15, 0.2) is 6.29 Å². The number of carbonyl (C=O) groups excluding carboxylic acids is 1. The summed E-state index contributed by atoms with van der Waals surface area (Å²) in [6, 6.07) is 0. The largest absolute Gasteiger partial charge is 0.348 e. The molecule has 0 spiro atoms. The van der Waals surface area contributed by atoms with E-state index in [0.29, 0.717) is 39.3 Å². The quantitative estimate of drug-likeness (QED) is 0.397. The Kier molecular flexibility index (Phi) is 3.61. The summed E-state index contributed by atoms with van der Waals surface area (Å²) < 4.78 is 10.6. The number of hydrogen-bond donors (Lipinski definition) is 0. The van der Waals surface area contributed by atoms with Gasteiger partial charge < -0.3 is 14.4 Å². The van der Waals surface area contributed by atoms with Crippen molar-refractivity contribution in [3.05, 3.63) is 10.4 Å². The first kappa shape index (κ1) is 11.2. The third kappa shape index (κ3) is 2.63. The van der Waals surface area contributed by atoms with Gasteiger partial charge in [-0.05, 0) is 11.4 Å². The fourth-order valence-electron chi connectivity index (χ4n) is 2.00. The van der Waals surface area contributed by atoms with Crippen LogP contribution in [0.3, 0.4) is 0 Å². The Bertz CT molecular complexity index is 310. The van der Waals surface area contributed by atoms with Gasteiger partial charge in [0.1, 0.15) is 0 Å². The molecule has 0 bridgehead atoms. The van der Waals surface area contributed by atoms with Gasteiger partial charge in [-0.25, -0.2) is 0 Å². The molecule has 2 aliphatic rings. The summed E-state index contributed by atoms with van der Waals surface area (Å²) in [6.45, 7) is 2.67. The van der Waals surface area contributed by atoms with Crippen molar-refractivity contribution < 1.29 is 14.3 Å². The number of carbonyl (C=O) groups is 1. The third-order valence-electron chi connectivity index (χ3n) is 2.76. The number of likely N-dealkylation sites (tertiary alicyclic amines) is 1. The molecule has 0 aromatic carbocycles. The van der Waals surface area contributed by atoms with Gasteiger partial charge in [-0.1, -0.05) is 5.11 Å². The monoisotopic (exact) mass is 226 g/mol. The van der Waals surface area contributed by atoms with Crippen LogP contribution in [-0.4, -0.2) is 49.9 Å². The minimum atomic E-state index is -0.290. The van der Waals surface area contributed by atoms with Crippen molar-refractivity contribution in [1.29, 1.82) is 0 Å². The lowest BCUT2D eigenvalue weighted by molar-refractivity contribution is -0.133. The number of amides is 1. The van der Waals surface area contributed by atoms with Crippen LogP contribution >= 0.6 is 0 Å². The van der Waals surface area contributed by atoms with Crippen LogP contribution < -0.4 is 0 Å². The molecule has 7 heteroatoms. The summed E-state index contributed by atoms with van der Waals surface area (Å²) in [6.07, 6.45) is 0.160. The number of nitrogens with zero attached hydrogens (tertiary/aromatic N) is 4. The molecule has 0 aliphatic carbocycles. The minimum Gasteiger partial charge on any atom is -0.348 e. The van der Waals surface area contributed by atoms with Crippen LogP contribution in [-0.2, 0) is 14.3 Å². The molecule has 2 rings (SSSR count). The molecule has 1 amide bonds. The highest BCUT2D eigenvalue weighted by molar-refractivity contribution is 5.78. The average Bonchev–Trinajstić information content (AvgIpc) is 2.87. The van der Waals surface area contributed by atoms with Gasteiger partial charge in [0.05, 0.1) is 19.8 Å². The standard InChI is InChI=1S/C9H14N4O3/c10-12-11-4-7-3-8(14)13(5-7)6-9-15-1-2-16-9/h7,9H,1-6H2. The van der Waals surface area contributed by atoms with Gasteiger partial charge in [-0.15, -0.1) is 0 Å². The second-order valence-electron chi connectivity index (χ2n) is 3.95. The fraction of sp³-hybridized carbons (Fsp3) is 0.889. The summed E-state index contributed by atoms with van der Waals surface area (Å²) in [5.74, 6) is 0.210. The fourth-order valence-corrected chi connectivity index (χ4v) is 2.00. The summed E-state index contributed by atoms with van der Waals surface area (Å²) in [7, 11) is 0. The molecule has 7 nitrogen and oxygen atoms in total. The maximum Gasteiger partial charge on any atom is 0.223 e. The summed E-state index contributed by atoms with van der Waals surface area (Å²) in [5.41, 5.74) is 8.21.